The predicted octanol–water partition coefficient (Wildman–Crippen LogP) is 3.03. The Morgan fingerprint density at radius 2 is 1.35 bits per heavy atom. The molecule has 0 fully saturated rings. The molecule has 3 N–H and O–H groups in total. The van der Waals surface area contributed by atoms with E-state index in [9.17, 15) is 9.59 Å². The van der Waals surface area contributed by atoms with Crippen molar-refractivity contribution in [3.63, 3.8) is 0 Å². The van der Waals surface area contributed by atoms with Gasteiger partial charge in [0.05, 0.1) is 13.5 Å². The SMILES string of the molecule is COc1ccc(CC(=O)NNC(=S)NC(=O)c2ccc(OCCOc3ccccc3)cc2)cc1. The smallest absolute Gasteiger partial charge is 0.257 e. The second-order valence-corrected chi connectivity index (χ2v) is 7.42. The van der Waals surface area contributed by atoms with Crippen LogP contribution in [0.15, 0.2) is 78.9 Å². The van der Waals surface area contributed by atoms with Gasteiger partial charge in [0.25, 0.3) is 5.91 Å². The van der Waals surface area contributed by atoms with Crippen LogP contribution < -0.4 is 30.4 Å². The molecule has 3 rings (SSSR count). The number of benzene rings is 3. The minimum absolute atomic E-state index is 0.0218. The molecular formula is C25H25N3O5S. The first-order valence-electron chi connectivity index (χ1n) is 10.5. The van der Waals surface area contributed by atoms with Crippen LogP contribution in [0.1, 0.15) is 15.9 Å². The van der Waals surface area contributed by atoms with Crippen molar-refractivity contribution in [2.45, 2.75) is 6.42 Å². The lowest BCUT2D eigenvalue weighted by molar-refractivity contribution is -0.121. The topological polar surface area (TPSA) is 97.9 Å². The van der Waals surface area contributed by atoms with Crippen LogP contribution in [0.5, 0.6) is 17.2 Å². The summed E-state index contributed by atoms with van der Waals surface area (Å²) in [6.07, 6.45) is 0.144. The standard InChI is InChI=1S/C25H25N3O5S/c1-31-20-11-7-18(8-12-20)17-23(29)27-28-25(34)26-24(30)19-9-13-22(14-10-19)33-16-15-32-21-5-3-2-4-6-21/h2-14H,15-17H2,1H3,(H,27,29)(H2,26,28,30,34). The maximum Gasteiger partial charge on any atom is 0.257 e. The molecule has 0 radical (unpaired) electrons. The highest BCUT2D eigenvalue weighted by Crippen LogP contribution is 2.13. The first-order valence-corrected chi connectivity index (χ1v) is 10.9. The highest BCUT2D eigenvalue weighted by atomic mass is 32.1. The van der Waals surface area contributed by atoms with Gasteiger partial charge in [0.2, 0.25) is 5.91 Å². The normalized spacial score (nSPS) is 10.0. The third-order valence-corrected chi connectivity index (χ3v) is 4.75. The third kappa shape index (κ3) is 8.10. The van der Waals surface area contributed by atoms with Gasteiger partial charge >= 0.3 is 0 Å². The van der Waals surface area contributed by atoms with E-state index in [2.05, 4.69) is 16.2 Å². The van der Waals surface area contributed by atoms with E-state index in [4.69, 9.17) is 26.4 Å². The van der Waals surface area contributed by atoms with Crippen LogP contribution in [0.3, 0.4) is 0 Å². The number of thiocarbonyl (C=S) groups is 1. The number of carbonyl (C=O) groups excluding carboxylic acids is 2. The number of rotatable bonds is 9. The van der Waals surface area contributed by atoms with Gasteiger partial charge in [-0.1, -0.05) is 30.3 Å². The molecule has 8 nitrogen and oxygen atoms in total. The summed E-state index contributed by atoms with van der Waals surface area (Å²) in [7, 11) is 1.58. The van der Waals surface area contributed by atoms with Crippen LogP contribution >= 0.6 is 12.2 Å². The molecule has 0 atom stereocenters. The summed E-state index contributed by atoms with van der Waals surface area (Å²) in [6, 6.07) is 23.2. The molecule has 0 aliphatic heterocycles. The summed E-state index contributed by atoms with van der Waals surface area (Å²) in [4.78, 5) is 24.4. The van der Waals surface area contributed by atoms with E-state index in [0.717, 1.165) is 11.3 Å². The van der Waals surface area contributed by atoms with Crippen molar-refractivity contribution >= 4 is 29.1 Å². The van der Waals surface area contributed by atoms with Crippen molar-refractivity contribution in [2.24, 2.45) is 0 Å². The zero-order valence-corrected chi connectivity index (χ0v) is 19.4. The zero-order valence-electron chi connectivity index (χ0n) is 18.6. The van der Waals surface area contributed by atoms with Gasteiger partial charge in [0.15, 0.2) is 5.11 Å². The lowest BCUT2D eigenvalue weighted by Gasteiger charge is -2.11. The molecule has 34 heavy (non-hydrogen) atoms. The van der Waals surface area contributed by atoms with Crippen molar-refractivity contribution < 1.29 is 23.8 Å². The average Bonchev–Trinajstić information content (AvgIpc) is 2.87. The van der Waals surface area contributed by atoms with Crippen LogP contribution in [0.25, 0.3) is 0 Å². The molecule has 0 spiro atoms. The van der Waals surface area contributed by atoms with Crippen LogP contribution in [0.4, 0.5) is 0 Å². The van der Waals surface area contributed by atoms with E-state index in [-0.39, 0.29) is 17.4 Å². The van der Waals surface area contributed by atoms with Crippen molar-refractivity contribution in [2.75, 3.05) is 20.3 Å². The van der Waals surface area contributed by atoms with Gasteiger partial charge in [-0.15, -0.1) is 0 Å². The Balaban J connectivity index is 1.36. The van der Waals surface area contributed by atoms with E-state index >= 15 is 0 Å². The van der Waals surface area contributed by atoms with Gasteiger partial charge < -0.3 is 14.2 Å². The van der Waals surface area contributed by atoms with Crippen LogP contribution in [-0.2, 0) is 11.2 Å². The summed E-state index contributed by atoms with van der Waals surface area (Å²) in [5, 5.41) is 2.49. The molecule has 0 unspecified atom stereocenters. The number of para-hydroxylation sites is 1. The monoisotopic (exact) mass is 479 g/mol. The first-order chi connectivity index (χ1) is 16.5. The summed E-state index contributed by atoms with van der Waals surface area (Å²) >= 11 is 5.07. The second kappa shape index (κ2) is 12.8. The summed E-state index contributed by atoms with van der Waals surface area (Å²) in [5.74, 6) is 1.38. The fourth-order valence-corrected chi connectivity index (χ4v) is 2.99. The molecule has 0 heterocycles. The average molecular weight is 480 g/mol. The highest BCUT2D eigenvalue weighted by Gasteiger charge is 2.09. The van der Waals surface area contributed by atoms with E-state index in [0.29, 0.717) is 30.3 Å². The number of hydrazine groups is 1. The molecule has 0 aliphatic rings. The fourth-order valence-electron chi connectivity index (χ4n) is 2.84. The molecule has 176 valence electrons. The van der Waals surface area contributed by atoms with E-state index in [1.165, 1.54) is 0 Å². The molecular weight excluding hydrogens is 454 g/mol. The maximum atomic E-state index is 12.4. The molecule has 0 aliphatic carbocycles. The van der Waals surface area contributed by atoms with Crippen LogP contribution in [-0.4, -0.2) is 37.3 Å². The Kier molecular flexibility index (Phi) is 9.24. The lowest BCUT2D eigenvalue weighted by atomic mass is 10.1. The van der Waals surface area contributed by atoms with Gasteiger partial charge in [-0.2, -0.15) is 0 Å². The number of amides is 2. The quantitative estimate of drug-likeness (QED) is 0.247. The zero-order chi connectivity index (χ0) is 24.2. The Labute approximate surface area is 203 Å². The Morgan fingerprint density at radius 3 is 1.97 bits per heavy atom. The lowest BCUT2D eigenvalue weighted by Crippen LogP contribution is -2.48. The molecule has 3 aromatic rings. The molecule has 0 saturated heterocycles. The number of nitrogens with one attached hydrogen (secondary N) is 3. The minimum atomic E-state index is -0.416. The number of methoxy groups -OCH3 is 1. The fraction of sp³-hybridized carbons (Fsp3) is 0.160. The van der Waals surface area contributed by atoms with E-state index in [1.54, 1.807) is 55.6 Å². The van der Waals surface area contributed by atoms with Gasteiger partial charge in [-0.3, -0.25) is 25.8 Å². The summed E-state index contributed by atoms with van der Waals surface area (Å²) in [6.45, 7) is 0.765. The maximum absolute atomic E-state index is 12.4. The largest absolute Gasteiger partial charge is 0.497 e. The molecule has 2 amide bonds. The van der Waals surface area contributed by atoms with Crippen LogP contribution in [0.2, 0.25) is 0 Å². The van der Waals surface area contributed by atoms with Crippen molar-refractivity contribution in [1.82, 2.24) is 16.2 Å². The molecule has 0 aromatic heterocycles. The van der Waals surface area contributed by atoms with Crippen LogP contribution in [0, 0.1) is 0 Å². The third-order valence-electron chi connectivity index (χ3n) is 4.55. The first kappa shape index (κ1) is 24.5. The molecule has 0 saturated carbocycles. The van der Waals surface area contributed by atoms with Crippen molar-refractivity contribution in [3.05, 3.63) is 90.0 Å². The van der Waals surface area contributed by atoms with Crippen molar-refractivity contribution in [1.29, 1.82) is 0 Å². The molecule has 0 bridgehead atoms. The number of ether oxygens (including phenoxy) is 3. The van der Waals surface area contributed by atoms with Gasteiger partial charge in [-0.25, -0.2) is 0 Å². The Bertz CT molecular complexity index is 1090. The van der Waals surface area contributed by atoms with Crippen molar-refractivity contribution in [3.8, 4) is 17.2 Å². The second-order valence-electron chi connectivity index (χ2n) is 7.02. The summed E-state index contributed by atoms with van der Waals surface area (Å²) in [5.41, 5.74) is 6.18. The Morgan fingerprint density at radius 1 is 0.765 bits per heavy atom. The van der Waals surface area contributed by atoms with Gasteiger partial charge in [0, 0.05) is 5.56 Å². The number of carbonyl (C=O) groups is 2. The van der Waals surface area contributed by atoms with E-state index < -0.39 is 5.91 Å². The molecule has 9 heteroatoms. The number of hydrogen-bond acceptors (Lipinski definition) is 6. The van der Waals surface area contributed by atoms with Gasteiger partial charge in [-0.05, 0) is 66.3 Å². The predicted molar refractivity (Wildman–Crippen MR) is 132 cm³/mol. The summed E-state index contributed by atoms with van der Waals surface area (Å²) < 4.78 is 16.3. The number of hydrogen-bond donors (Lipinski definition) is 3. The van der Waals surface area contributed by atoms with Gasteiger partial charge in [0.1, 0.15) is 30.5 Å². The molecule has 3 aromatic carbocycles. The minimum Gasteiger partial charge on any atom is -0.497 e. The van der Waals surface area contributed by atoms with E-state index in [1.807, 2.05) is 30.3 Å². The highest BCUT2D eigenvalue weighted by molar-refractivity contribution is 7.80. The Hall–Kier alpha value is -4.11.